The maximum atomic E-state index is 5.63. The molecule has 0 radical (unpaired) electrons. The number of methoxy groups -OCH3 is 1. The van der Waals surface area contributed by atoms with E-state index in [0.29, 0.717) is 11.9 Å². The van der Waals surface area contributed by atoms with Crippen LogP contribution in [0, 0.1) is 6.92 Å². The van der Waals surface area contributed by atoms with Gasteiger partial charge in [-0.3, -0.25) is 0 Å². The first-order chi connectivity index (χ1) is 10.1. The van der Waals surface area contributed by atoms with E-state index < -0.39 is 0 Å². The third kappa shape index (κ3) is 3.95. The highest BCUT2D eigenvalue weighted by atomic mass is 16.5. The molecular weight excluding hydrogens is 268 g/mol. The molecule has 0 fully saturated rings. The standard InChI is InChI=1S/C15H22N4O2/c1-5-8-16-11(3)14-18-19-15(21-14)17-12-9-10(2)6-7-13(12)20-4/h6-7,9,11,16H,5,8H2,1-4H3,(H,17,19). The molecule has 1 heterocycles. The summed E-state index contributed by atoms with van der Waals surface area (Å²) in [4.78, 5) is 0. The molecule has 21 heavy (non-hydrogen) atoms. The number of rotatable bonds is 7. The number of ether oxygens (including phenoxy) is 1. The van der Waals surface area contributed by atoms with Crippen molar-refractivity contribution < 1.29 is 9.15 Å². The zero-order valence-corrected chi connectivity index (χ0v) is 12.9. The number of aromatic nitrogens is 2. The maximum absolute atomic E-state index is 5.63. The van der Waals surface area contributed by atoms with Crippen molar-refractivity contribution in [2.75, 3.05) is 19.0 Å². The van der Waals surface area contributed by atoms with Crippen molar-refractivity contribution in [3.05, 3.63) is 29.7 Å². The van der Waals surface area contributed by atoms with Gasteiger partial charge in [0.2, 0.25) is 5.89 Å². The van der Waals surface area contributed by atoms with Crippen LogP contribution in [0.25, 0.3) is 0 Å². The molecule has 1 atom stereocenters. The SMILES string of the molecule is CCCNC(C)c1nnc(Nc2cc(C)ccc2OC)o1. The highest BCUT2D eigenvalue weighted by Gasteiger charge is 2.14. The van der Waals surface area contributed by atoms with E-state index >= 15 is 0 Å². The lowest BCUT2D eigenvalue weighted by molar-refractivity contribution is 0.414. The van der Waals surface area contributed by atoms with E-state index in [2.05, 4.69) is 27.8 Å². The van der Waals surface area contributed by atoms with Crippen molar-refractivity contribution in [2.24, 2.45) is 0 Å². The predicted octanol–water partition coefficient (Wildman–Crippen LogP) is 3.19. The minimum Gasteiger partial charge on any atom is -0.495 e. The van der Waals surface area contributed by atoms with Gasteiger partial charge >= 0.3 is 6.01 Å². The molecule has 6 heteroatoms. The Morgan fingerprint density at radius 1 is 1.33 bits per heavy atom. The van der Waals surface area contributed by atoms with E-state index in [4.69, 9.17) is 9.15 Å². The molecule has 2 aromatic rings. The van der Waals surface area contributed by atoms with Crippen LogP contribution in [-0.4, -0.2) is 23.9 Å². The summed E-state index contributed by atoms with van der Waals surface area (Å²) >= 11 is 0. The van der Waals surface area contributed by atoms with Crippen LogP contribution in [0.4, 0.5) is 11.7 Å². The van der Waals surface area contributed by atoms with E-state index in [0.717, 1.165) is 30.0 Å². The third-order valence-corrected chi connectivity index (χ3v) is 3.11. The fraction of sp³-hybridized carbons (Fsp3) is 0.467. The van der Waals surface area contributed by atoms with Crippen LogP contribution in [0.1, 0.15) is 37.8 Å². The molecule has 1 aromatic carbocycles. The van der Waals surface area contributed by atoms with Crippen molar-refractivity contribution in [1.82, 2.24) is 15.5 Å². The van der Waals surface area contributed by atoms with Crippen LogP contribution < -0.4 is 15.4 Å². The fourth-order valence-electron chi connectivity index (χ4n) is 1.94. The van der Waals surface area contributed by atoms with Gasteiger partial charge in [0, 0.05) is 0 Å². The Bertz CT molecular complexity index is 583. The number of nitrogens with one attached hydrogen (secondary N) is 2. The summed E-state index contributed by atoms with van der Waals surface area (Å²) in [5.74, 6) is 1.30. The van der Waals surface area contributed by atoms with Crippen LogP contribution >= 0.6 is 0 Å². The predicted molar refractivity (Wildman–Crippen MR) is 82.0 cm³/mol. The van der Waals surface area contributed by atoms with Crippen molar-refractivity contribution in [2.45, 2.75) is 33.2 Å². The fourth-order valence-corrected chi connectivity index (χ4v) is 1.94. The monoisotopic (exact) mass is 290 g/mol. The van der Waals surface area contributed by atoms with Crippen LogP contribution in [0.2, 0.25) is 0 Å². The van der Waals surface area contributed by atoms with Gasteiger partial charge in [-0.1, -0.05) is 18.1 Å². The lowest BCUT2D eigenvalue weighted by Crippen LogP contribution is -2.19. The molecule has 0 aliphatic rings. The summed E-state index contributed by atoms with van der Waals surface area (Å²) in [6.45, 7) is 7.04. The second-order valence-corrected chi connectivity index (χ2v) is 4.95. The van der Waals surface area contributed by atoms with Gasteiger partial charge in [0.05, 0.1) is 18.8 Å². The summed E-state index contributed by atoms with van der Waals surface area (Å²) < 4.78 is 10.9. The van der Waals surface area contributed by atoms with Crippen LogP contribution in [0.15, 0.2) is 22.6 Å². The smallest absolute Gasteiger partial charge is 0.320 e. The summed E-state index contributed by atoms with van der Waals surface area (Å²) in [6.07, 6.45) is 1.06. The zero-order chi connectivity index (χ0) is 15.2. The lowest BCUT2D eigenvalue weighted by atomic mass is 10.2. The number of hydrogen-bond donors (Lipinski definition) is 2. The molecule has 2 N–H and O–H groups in total. The second-order valence-electron chi connectivity index (χ2n) is 4.95. The van der Waals surface area contributed by atoms with Gasteiger partial charge in [-0.25, -0.2) is 0 Å². The molecule has 1 aromatic heterocycles. The van der Waals surface area contributed by atoms with Gasteiger partial charge in [0.15, 0.2) is 0 Å². The molecule has 0 spiro atoms. The molecule has 0 aliphatic carbocycles. The molecule has 2 rings (SSSR count). The minimum atomic E-state index is 0.0346. The van der Waals surface area contributed by atoms with Crippen molar-refractivity contribution in [1.29, 1.82) is 0 Å². The quantitative estimate of drug-likeness (QED) is 0.816. The summed E-state index contributed by atoms with van der Waals surface area (Å²) in [7, 11) is 1.63. The van der Waals surface area contributed by atoms with Crippen molar-refractivity contribution in [3.63, 3.8) is 0 Å². The number of benzene rings is 1. The Morgan fingerprint density at radius 3 is 2.86 bits per heavy atom. The third-order valence-electron chi connectivity index (χ3n) is 3.11. The van der Waals surface area contributed by atoms with Crippen LogP contribution in [-0.2, 0) is 0 Å². The Kier molecular flexibility index (Phi) is 5.16. The molecule has 0 bridgehead atoms. The van der Waals surface area contributed by atoms with E-state index in [1.165, 1.54) is 0 Å². The Balaban J connectivity index is 2.10. The zero-order valence-electron chi connectivity index (χ0n) is 12.9. The highest BCUT2D eigenvalue weighted by Crippen LogP contribution is 2.28. The van der Waals surface area contributed by atoms with E-state index in [1.807, 2.05) is 32.0 Å². The summed E-state index contributed by atoms with van der Waals surface area (Å²) in [5, 5.41) is 14.5. The topological polar surface area (TPSA) is 72.2 Å². The van der Waals surface area contributed by atoms with Crippen LogP contribution in [0.5, 0.6) is 5.75 Å². The van der Waals surface area contributed by atoms with E-state index in [9.17, 15) is 0 Å². The molecule has 0 amide bonds. The molecular formula is C15H22N4O2. The van der Waals surface area contributed by atoms with Gasteiger partial charge in [-0.15, -0.1) is 5.10 Å². The number of anilines is 2. The highest BCUT2D eigenvalue weighted by molar-refractivity contribution is 5.62. The Hall–Kier alpha value is -2.08. The van der Waals surface area contributed by atoms with E-state index in [1.54, 1.807) is 7.11 Å². The van der Waals surface area contributed by atoms with Gasteiger partial charge in [0.25, 0.3) is 0 Å². The molecule has 114 valence electrons. The van der Waals surface area contributed by atoms with Crippen molar-refractivity contribution in [3.8, 4) is 5.75 Å². The number of hydrogen-bond acceptors (Lipinski definition) is 6. The first-order valence-corrected chi connectivity index (χ1v) is 7.12. The molecule has 1 unspecified atom stereocenters. The Morgan fingerprint density at radius 2 is 2.14 bits per heavy atom. The minimum absolute atomic E-state index is 0.0346. The number of nitrogens with zero attached hydrogens (tertiary/aromatic N) is 2. The first-order valence-electron chi connectivity index (χ1n) is 7.12. The Labute approximate surface area is 124 Å². The van der Waals surface area contributed by atoms with Crippen molar-refractivity contribution >= 4 is 11.7 Å². The van der Waals surface area contributed by atoms with Crippen LogP contribution in [0.3, 0.4) is 0 Å². The normalized spacial score (nSPS) is 12.2. The van der Waals surface area contributed by atoms with Gasteiger partial charge < -0.3 is 19.8 Å². The number of aryl methyl sites for hydroxylation is 1. The largest absolute Gasteiger partial charge is 0.495 e. The lowest BCUT2D eigenvalue weighted by Gasteiger charge is -2.09. The molecule has 0 saturated heterocycles. The maximum Gasteiger partial charge on any atom is 0.320 e. The van der Waals surface area contributed by atoms with Gasteiger partial charge in [-0.2, -0.15) is 0 Å². The van der Waals surface area contributed by atoms with Gasteiger partial charge in [-0.05, 0) is 44.5 Å². The average molecular weight is 290 g/mol. The van der Waals surface area contributed by atoms with E-state index in [-0.39, 0.29) is 6.04 Å². The first kappa shape index (κ1) is 15.3. The average Bonchev–Trinajstić information content (AvgIpc) is 2.93. The summed E-state index contributed by atoms with van der Waals surface area (Å²) in [5.41, 5.74) is 1.93. The molecule has 0 aliphatic heterocycles. The molecule has 0 saturated carbocycles. The van der Waals surface area contributed by atoms with Gasteiger partial charge in [0.1, 0.15) is 5.75 Å². The summed E-state index contributed by atoms with van der Waals surface area (Å²) in [6, 6.07) is 6.26. The molecule has 6 nitrogen and oxygen atoms in total. The second kappa shape index (κ2) is 7.08.